The molecule has 1 aromatic carbocycles. The number of aliphatic hydroxyl groups excluding tert-OH is 2. The largest absolute Gasteiger partial charge is 0.480 e. The quantitative estimate of drug-likeness (QED) is 0.400. The fraction of sp³-hybridized carbons (Fsp3) is 0.633. The van der Waals surface area contributed by atoms with Gasteiger partial charge in [0.1, 0.15) is 6.10 Å². The van der Waals surface area contributed by atoms with Gasteiger partial charge in [-0.1, -0.05) is 54.9 Å². The first-order chi connectivity index (χ1) is 18.1. The van der Waals surface area contributed by atoms with Crippen LogP contribution in [0.3, 0.4) is 0 Å². The zero-order chi connectivity index (χ0) is 27.1. The third-order valence-corrected chi connectivity index (χ3v) is 10.3. The van der Waals surface area contributed by atoms with E-state index >= 15 is 0 Å². The summed E-state index contributed by atoms with van der Waals surface area (Å²) in [5.74, 6) is -0.0813. The standard InChI is InChI=1S/C30H40N2O6/c1-29-14-12-20(16-19(29)8-9-21-22-10-11-24(33)30(22,2)15-13-23(21)29)32-38-17-25(34)31-26(28(36)37)27(35)18-6-4-3-5-7-18/h3-7,16,21-24,26-27,33,35H,8-15,17H2,1-2H3,(H,31,34)(H,36,37)/b32-20+/t21-,22-,23-,24+,26-,27+,29-,30-/m0/s1. The predicted molar refractivity (Wildman–Crippen MR) is 142 cm³/mol. The van der Waals surface area contributed by atoms with Crippen LogP contribution >= 0.6 is 0 Å². The average Bonchev–Trinajstić information content (AvgIpc) is 3.21. The average molecular weight is 525 g/mol. The summed E-state index contributed by atoms with van der Waals surface area (Å²) in [7, 11) is 0. The second-order valence-electron chi connectivity index (χ2n) is 12.2. The highest BCUT2D eigenvalue weighted by molar-refractivity contribution is 5.96. The summed E-state index contributed by atoms with van der Waals surface area (Å²) in [5, 5.41) is 37.2. The minimum absolute atomic E-state index is 0.0746. The Hall–Kier alpha value is -2.71. The van der Waals surface area contributed by atoms with Crippen molar-refractivity contribution < 1.29 is 29.7 Å². The molecule has 3 saturated carbocycles. The number of oxime groups is 1. The zero-order valence-corrected chi connectivity index (χ0v) is 22.3. The smallest absolute Gasteiger partial charge is 0.329 e. The van der Waals surface area contributed by atoms with Crippen LogP contribution in [-0.4, -0.2) is 51.7 Å². The maximum Gasteiger partial charge on any atom is 0.329 e. The number of aliphatic carboxylic acids is 1. The lowest BCUT2D eigenvalue weighted by Crippen LogP contribution is -2.51. The summed E-state index contributed by atoms with van der Waals surface area (Å²) in [6.45, 7) is 4.28. The minimum atomic E-state index is -1.49. The minimum Gasteiger partial charge on any atom is -0.480 e. The van der Waals surface area contributed by atoms with Gasteiger partial charge in [0.25, 0.3) is 5.91 Å². The molecule has 4 N–H and O–H groups in total. The first kappa shape index (κ1) is 26.9. The van der Waals surface area contributed by atoms with Crippen molar-refractivity contribution in [3.8, 4) is 0 Å². The number of carbonyl (C=O) groups is 2. The first-order valence-electron chi connectivity index (χ1n) is 14.0. The molecular weight excluding hydrogens is 484 g/mol. The molecule has 0 bridgehead atoms. The fourth-order valence-corrected chi connectivity index (χ4v) is 8.12. The number of amides is 1. The Balaban J connectivity index is 1.19. The number of nitrogens with zero attached hydrogens (tertiary/aromatic N) is 1. The third-order valence-electron chi connectivity index (χ3n) is 10.3. The van der Waals surface area contributed by atoms with Gasteiger partial charge in [-0.05, 0) is 91.6 Å². The molecule has 0 radical (unpaired) electrons. The van der Waals surface area contributed by atoms with E-state index in [1.807, 2.05) is 0 Å². The lowest BCUT2D eigenvalue weighted by Gasteiger charge is -2.57. The van der Waals surface area contributed by atoms with E-state index < -0.39 is 30.6 Å². The van der Waals surface area contributed by atoms with E-state index in [1.165, 1.54) is 5.57 Å². The predicted octanol–water partition coefficient (Wildman–Crippen LogP) is 3.99. The number of rotatable bonds is 7. The Morgan fingerprint density at radius 1 is 1.08 bits per heavy atom. The Kier molecular flexibility index (Phi) is 7.40. The maximum absolute atomic E-state index is 12.4. The van der Waals surface area contributed by atoms with Crippen LogP contribution < -0.4 is 5.32 Å². The Bertz CT molecular complexity index is 1120. The summed E-state index contributed by atoms with van der Waals surface area (Å²) in [6, 6.07) is 6.87. The van der Waals surface area contributed by atoms with Gasteiger partial charge >= 0.3 is 5.97 Å². The molecule has 38 heavy (non-hydrogen) atoms. The van der Waals surface area contributed by atoms with Crippen LogP contribution in [0, 0.1) is 28.6 Å². The molecule has 206 valence electrons. The molecule has 1 aromatic rings. The molecule has 8 atom stereocenters. The molecule has 5 rings (SSSR count). The van der Waals surface area contributed by atoms with E-state index in [0.29, 0.717) is 23.3 Å². The number of benzene rings is 1. The highest BCUT2D eigenvalue weighted by Gasteiger charge is 2.58. The van der Waals surface area contributed by atoms with E-state index in [4.69, 9.17) is 4.84 Å². The number of allylic oxidation sites excluding steroid dienone is 2. The van der Waals surface area contributed by atoms with Crippen LogP contribution in [0.4, 0.5) is 0 Å². The van der Waals surface area contributed by atoms with Gasteiger partial charge in [-0.15, -0.1) is 0 Å². The molecule has 0 unspecified atom stereocenters. The van der Waals surface area contributed by atoms with Crippen molar-refractivity contribution in [1.82, 2.24) is 5.32 Å². The van der Waals surface area contributed by atoms with E-state index in [2.05, 4.69) is 30.4 Å². The van der Waals surface area contributed by atoms with Crippen molar-refractivity contribution in [2.75, 3.05) is 6.61 Å². The topological polar surface area (TPSA) is 128 Å². The number of fused-ring (bicyclic) bond motifs is 5. The normalized spacial score (nSPS) is 36.7. The van der Waals surface area contributed by atoms with Crippen LogP contribution in [-0.2, 0) is 14.4 Å². The number of aliphatic hydroxyl groups is 2. The van der Waals surface area contributed by atoms with E-state index in [1.54, 1.807) is 30.3 Å². The van der Waals surface area contributed by atoms with Crippen molar-refractivity contribution in [2.45, 2.75) is 83.5 Å². The van der Waals surface area contributed by atoms with E-state index in [0.717, 1.165) is 57.1 Å². The number of carbonyl (C=O) groups excluding carboxylic acids is 1. The van der Waals surface area contributed by atoms with Crippen molar-refractivity contribution >= 4 is 17.6 Å². The van der Waals surface area contributed by atoms with Crippen molar-refractivity contribution in [3.63, 3.8) is 0 Å². The maximum atomic E-state index is 12.4. The van der Waals surface area contributed by atoms with E-state index in [-0.39, 0.29) is 16.9 Å². The highest BCUT2D eigenvalue weighted by Crippen LogP contribution is 2.65. The molecule has 0 spiro atoms. The van der Waals surface area contributed by atoms with Crippen LogP contribution in [0.1, 0.15) is 76.9 Å². The first-order valence-corrected chi connectivity index (χ1v) is 14.0. The SMILES string of the molecule is C[C@]12CC[C@H]3[C@@H](CCC4=C/C(=N/OCC(=O)N[C@H](C(=O)O)[C@H](O)c5ccccc5)CC[C@@]43C)[C@@H]1CC[C@H]2O. The fourth-order valence-electron chi connectivity index (χ4n) is 8.12. The van der Waals surface area contributed by atoms with Crippen molar-refractivity contribution in [2.24, 2.45) is 33.7 Å². The molecule has 0 aromatic heterocycles. The number of nitrogens with one attached hydrogen (secondary N) is 1. The monoisotopic (exact) mass is 524 g/mol. The lowest BCUT2D eigenvalue weighted by atomic mass is 9.47. The molecule has 0 heterocycles. The zero-order valence-electron chi connectivity index (χ0n) is 22.3. The van der Waals surface area contributed by atoms with Crippen LogP contribution in [0.5, 0.6) is 0 Å². The van der Waals surface area contributed by atoms with Gasteiger partial charge in [0.05, 0.1) is 11.8 Å². The molecule has 8 heteroatoms. The molecule has 3 fully saturated rings. The van der Waals surface area contributed by atoms with Gasteiger partial charge in [0.15, 0.2) is 12.6 Å². The van der Waals surface area contributed by atoms with Crippen LogP contribution in [0.15, 0.2) is 47.1 Å². The van der Waals surface area contributed by atoms with Crippen molar-refractivity contribution in [1.29, 1.82) is 0 Å². The van der Waals surface area contributed by atoms with Gasteiger partial charge in [-0.2, -0.15) is 0 Å². The molecule has 1 amide bonds. The number of carboxylic acids is 1. The summed E-state index contributed by atoms with van der Waals surface area (Å²) >= 11 is 0. The highest BCUT2D eigenvalue weighted by atomic mass is 16.6. The molecule has 8 nitrogen and oxygen atoms in total. The molecule has 0 saturated heterocycles. The third kappa shape index (κ3) is 4.77. The van der Waals surface area contributed by atoms with Gasteiger partial charge in [0.2, 0.25) is 0 Å². The Morgan fingerprint density at radius 3 is 2.58 bits per heavy atom. The van der Waals surface area contributed by atoms with Crippen LogP contribution in [0.2, 0.25) is 0 Å². The Morgan fingerprint density at radius 2 is 1.84 bits per heavy atom. The molecule has 0 aliphatic heterocycles. The van der Waals surface area contributed by atoms with Gasteiger partial charge in [-0.25, -0.2) is 4.79 Å². The molecule has 4 aliphatic carbocycles. The van der Waals surface area contributed by atoms with Crippen molar-refractivity contribution in [3.05, 3.63) is 47.5 Å². The number of hydrogen-bond acceptors (Lipinski definition) is 6. The van der Waals surface area contributed by atoms with E-state index in [9.17, 15) is 24.9 Å². The molecular formula is C30H40N2O6. The second kappa shape index (κ2) is 10.5. The molecule has 4 aliphatic rings. The summed E-state index contributed by atoms with van der Waals surface area (Å²) in [4.78, 5) is 29.4. The number of carboxylic acid groups (broad SMARTS) is 1. The summed E-state index contributed by atoms with van der Waals surface area (Å²) in [5.41, 5.74) is 2.83. The van der Waals surface area contributed by atoms with Gasteiger partial charge in [-0.3, -0.25) is 4.79 Å². The Labute approximate surface area is 224 Å². The van der Waals surface area contributed by atoms with Gasteiger partial charge < -0.3 is 25.5 Å². The van der Waals surface area contributed by atoms with Crippen LogP contribution in [0.25, 0.3) is 0 Å². The second-order valence-corrected chi connectivity index (χ2v) is 12.2. The van der Waals surface area contributed by atoms with Gasteiger partial charge in [0, 0.05) is 0 Å². The summed E-state index contributed by atoms with van der Waals surface area (Å²) < 4.78 is 0. The lowest BCUT2D eigenvalue weighted by molar-refractivity contribution is -0.146. The number of hydrogen-bond donors (Lipinski definition) is 4. The summed E-state index contributed by atoms with van der Waals surface area (Å²) in [6.07, 6.45) is 8.86.